The van der Waals surface area contributed by atoms with Crippen molar-refractivity contribution in [3.63, 3.8) is 0 Å². The molecule has 0 bridgehead atoms. The molecule has 1 aromatic carbocycles. The number of ether oxygens (including phenoxy) is 2. The molecule has 0 aliphatic carbocycles. The summed E-state index contributed by atoms with van der Waals surface area (Å²) in [5, 5.41) is 7.08. The number of hydrogen-bond acceptors (Lipinski definition) is 5. The first-order chi connectivity index (χ1) is 15.7. The molecule has 2 aliphatic rings. The van der Waals surface area contributed by atoms with Crippen LogP contribution in [0.4, 0.5) is 0 Å². The van der Waals surface area contributed by atoms with Gasteiger partial charge < -0.3 is 20.1 Å². The zero-order valence-electron chi connectivity index (χ0n) is 20.3. The van der Waals surface area contributed by atoms with Gasteiger partial charge in [0, 0.05) is 58.9 Å². The molecule has 2 heterocycles. The predicted molar refractivity (Wildman–Crippen MR) is 131 cm³/mol. The summed E-state index contributed by atoms with van der Waals surface area (Å²) in [4.78, 5) is 9.50. The highest BCUT2D eigenvalue weighted by Crippen LogP contribution is 2.19. The molecule has 1 aromatic rings. The van der Waals surface area contributed by atoms with Crippen LogP contribution in [0.1, 0.15) is 37.8 Å². The molecule has 0 aromatic heterocycles. The van der Waals surface area contributed by atoms with Crippen LogP contribution in [0.25, 0.3) is 0 Å². The lowest BCUT2D eigenvalue weighted by Crippen LogP contribution is -2.53. The van der Waals surface area contributed by atoms with Crippen LogP contribution in [-0.2, 0) is 22.6 Å². The summed E-state index contributed by atoms with van der Waals surface area (Å²) >= 11 is 0. The van der Waals surface area contributed by atoms with Crippen LogP contribution in [0, 0.1) is 5.92 Å². The molecule has 2 N–H and O–H groups in total. The van der Waals surface area contributed by atoms with Crippen molar-refractivity contribution in [3.8, 4) is 0 Å². The van der Waals surface area contributed by atoms with Crippen molar-refractivity contribution < 1.29 is 9.47 Å². The van der Waals surface area contributed by atoms with E-state index in [4.69, 9.17) is 9.47 Å². The first-order valence-corrected chi connectivity index (χ1v) is 12.4. The van der Waals surface area contributed by atoms with Gasteiger partial charge in [0.15, 0.2) is 5.96 Å². The maximum Gasteiger partial charge on any atom is 0.191 e. The van der Waals surface area contributed by atoms with Gasteiger partial charge >= 0.3 is 0 Å². The Kier molecular flexibility index (Phi) is 10.8. The second kappa shape index (κ2) is 13.8. The Morgan fingerprint density at radius 3 is 2.09 bits per heavy atom. The van der Waals surface area contributed by atoms with Gasteiger partial charge in [-0.15, -0.1) is 0 Å². The fourth-order valence-corrected chi connectivity index (χ4v) is 4.72. The molecule has 1 atom stereocenters. The molecule has 0 amide bonds. The van der Waals surface area contributed by atoms with Crippen molar-refractivity contribution in [3.05, 3.63) is 35.4 Å². The lowest BCUT2D eigenvalue weighted by atomic mass is 9.92. The Hall–Kier alpha value is -1.67. The van der Waals surface area contributed by atoms with Crippen LogP contribution in [-0.4, -0.2) is 88.0 Å². The molecule has 7 heteroatoms. The summed E-state index contributed by atoms with van der Waals surface area (Å²) in [5.41, 5.74) is 2.63. The second-order valence-corrected chi connectivity index (χ2v) is 8.80. The molecule has 0 saturated carbocycles. The average Bonchev–Trinajstić information content (AvgIpc) is 2.85. The fourth-order valence-electron chi connectivity index (χ4n) is 4.72. The van der Waals surface area contributed by atoms with E-state index in [2.05, 4.69) is 63.5 Å². The third-order valence-corrected chi connectivity index (χ3v) is 6.80. The Labute approximate surface area is 194 Å². The molecule has 2 aliphatic heterocycles. The van der Waals surface area contributed by atoms with Gasteiger partial charge in [0.1, 0.15) is 0 Å². The Morgan fingerprint density at radius 1 is 0.906 bits per heavy atom. The third-order valence-electron chi connectivity index (χ3n) is 6.80. The van der Waals surface area contributed by atoms with E-state index in [1.54, 1.807) is 0 Å². The zero-order chi connectivity index (χ0) is 22.6. The Bertz CT molecular complexity index is 665. The maximum absolute atomic E-state index is 5.58. The van der Waals surface area contributed by atoms with Crippen molar-refractivity contribution in [2.24, 2.45) is 10.9 Å². The molecule has 2 saturated heterocycles. The summed E-state index contributed by atoms with van der Waals surface area (Å²) in [7, 11) is 1.85. The van der Waals surface area contributed by atoms with Gasteiger partial charge in [0.05, 0.1) is 26.4 Å². The third kappa shape index (κ3) is 7.73. The van der Waals surface area contributed by atoms with E-state index in [-0.39, 0.29) is 0 Å². The summed E-state index contributed by atoms with van der Waals surface area (Å²) in [5.74, 6) is 1.55. The number of aliphatic imine (C=N–C) groups is 1. The van der Waals surface area contributed by atoms with E-state index < -0.39 is 0 Å². The van der Waals surface area contributed by atoms with E-state index in [0.29, 0.717) is 12.0 Å². The van der Waals surface area contributed by atoms with Gasteiger partial charge in [-0.05, 0) is 17.0 Å². The molecule has 3 rings (SSSR count). The van der Waals surface area contributed by atoms with E-state index in [1.165, 1.54) is 24.0 Å². The van der Waals surface area contributed by atoms with Crippen molar-refractivity contribution in [2.75, 3.05) is 66.2 Å². The molecule has 1 unspecified atom stereocenters. The van der Waals surface area contributed by atoms with Gasteiger partial charge in [-0.1, -0.05) is 51.0 Å². The highest BCUT2D eigenvalue weighted by atomic mass is 16.5. The van der Waals surface area contributed by atoms with Crippen molar-refractivity contribution in [2.45, 2.75) is 45.8 Å². The summed E-state index contributed by atoms with van der Waals surface area (Å²) in [6.45, 7) is 14.7. The smallest absolute Gasteiger partial charge is 0.191 e. The number of nitrogens with zero attached hydrogens (tertiary/aromatic N) is 3. The monoisotopic (exact) mass is 445 g/mol. The summed E-state index contributed by atoms with van der Waals surface area (Å²) in [6.07, 6.45) is 2.39. The summed E-state index contributed by atoms with van der Waals surface area (Å²) in [6, 6.07) is 9.43. The van der Waals surface area contributed by atoms with Gasteiger partial charge in [-0.2, -0.15) is 0 Å². The molecule has 2 fully saturated rings. The van der Waals surface area contributed by atoms with Crippen molar-refractivity contribution >= 4 is 5.96 Å². The maximum atomic E-state index is 5.58. The lowest BCUT2D eigenvalue weighted by Gasteiger charge is -2.39. The number of morpholine rings is 2. The molecular formula is C25H43N5O2. The minimum atomic E-state index is 0.506. The predicted octanol–water partition coefficient (Wildman–Crippen LogP) is 2.32. The van der Waals surface area contributed by atoms with Crippen LogP contribution in [0.2, 0.25) is 0 Å². The normalized spacial score (nSPS) is 19.8. The minimum Gasteiger partial charge on any atom is -0.379 e. The zero-order valence-corrected chi connectivity index (χ0v) is 20.3. The number of benzene rings is 1. The van der Waals surface area contributed by atoms with E-state index in [0.717, 1.165) is 78.2 Å². The van der Waals surface area contributed by atoms with Crippen molar-refractivity contribution in [1.29, 1.82) is 0 Å². The van der Waals surface area contributed by atoms with Crippen LogP contribution in [0.5, 0.6) is 0 Å². The first-order valence-electron chi connectivity index (χ1n) is 12.4. The highest BCUT2D eigenvalue weighted by Gasteiger charge is 2.27. The van der Waals surface area contributed by atoms with Gasteiger partial charge in [0.25, 0.3) is 0 Å². The standard InChI is InChI=1S/C25H43N5O2/c1-4-23(5-2)24(30-12-16-32-17-13-30)19-28-25(26-3)27-18-21-6-8-22(9-7-21)20-29-10-14-31-15-11-29/h6-9,23-24H,4-5,10-20H2,1-3H3,(H2,26,27,28). The number of nitrogens with one attached hydrogen (secondary N) is 2. The van der Waals surface area contributed by atoms with Gasteiger partial charge in [0.2, 0.25) is 0 Å². The quantitative estimate of drug-likeness (QED) is 0.426. The summed E-state index contributed by atoms with van der Waals surface area (Å²) < 4.78 is 11.0. The van der Waals surface area contributed by atoms with Gasteiger partial charge in [-0.3, -0.25) is 14.8 Å². The fraction of sp³-hybridized carbons (Fsp3) is 0.720. The minimum absolute atomic E-state index is 0.506. The first kappa shape index (κ1) is 25.0. The van der Waals surface area contributed by atoms with Gasteiger partial charge in [-0.25, -0.2) is 0 Å². The Morgan fingerprint density at radius 2 is 1.50 bits per heavy atom. The van der Waals surface area contributed by atoms with Crippen LogP contribution in [0.15, 0.2) is 29.3 Å². The number of hydrogen-bond donors (Lipinski definition) is 2. The van der Waals surface area contributed by atoms with E-state index in [1.807, 2.05) is 7.05 Å². The van der Waals surface area contributed by atoms with E-state index >= 15 is 0 Å². The van der Waals surface area contributed by atoms with Crippen LogP contribution < -0.4 is 10.6 Å². The highest BCUT2D eigenvalue weighted by molar-refractivity contribution is 5.79. The largest absolute Gasteiger partial charge is 0.379 e. The Balaban J connectivity index is 1.47. The van der Waals surface area contributed by atoms with Crippen LogP contribution >= 0.6 is 0 Å². The van der Waals surface area contributed by atoms with E-state index in [9.17, 15) is 0 Å². The molecule has 0 radical (unpaired) electrons. The topological polar surface area (TPSA) is 61.4 Å². The molecule has 32 heavy (non-hydrogen) atoms. The second-order valence-electron chi connectivity index (χ2n) is 8.80. The average molecular weight is 446 g/mol. The molecular weight excluding hydrogens is 402 g/mol. The van der Waals surface area contributed by atoms with Crippen molar-refractivity contribution in [1.82, 2.24) is 20.4 Å². The number of guanidine groups is 1. The SMILES string of the molecule is CCC(CC)C(CNC(=NC)NCc1ccc(CN2CCOCC2)cc1)N1CCOCC1. The molecule has 180 valence electrons. The lowest BCUT2D eigenvalue weighted by molar-refractivity contribution is 0.00272. The molecule has 0 spiro atoms. The molecule has 7 nitrogen and oxygen atoms in total. The van der Waals surface area contributed by atoms with Crippen LogP contribution in [0.3, 0.4) is 0 Å². The number of rotatable bonds is 10.